The lowest BCUT2D eigenvalue weighted by Gasteiger charge is -2.43. The largest absolute Gasteiger partial charge is 0.486 e. The van der Waals surface area contributed by atoms with E-state index in [9.17, 15) is 19.5 Å². The van der Waals surface area contributed by atoms with Gasteiger partial charge >= 0.3 is 0 Å². The molecule has 2 aromatic carbocycles. The van der Waals surface area contributed by atoms with Gasteiger partial charge in [0.05, 0.1) is 29.7 Å². The summed E-state index contributed by atoms with van der Waals surface area (Å²) in [5.74, 6) is 0.662. The monoisotopic (exact) mass is 786 g/mol. The fourth-order valence-corrected chi connectivity index (χ4v) is 9.22. The molecule has 9 rings (SSSR count). The van der Waals surface area contributed by atoms with Crippen LogP contribution in [0.2, 0.25) is 0 Å². The maximum absolute atomic E-state index is 14.3. The van der Waals surface area contributed by atoms with Crippen molar-refractivity contribution in [3.05, 3.63) is 112 Å². The number of rotatable bonds is 7. The Morgan fingerprint density at radius 2 is 1.72 bits per heavy atom. The minimum absolute atomic E-state index is 0.0212. The van der Waals surface area contributed by atoms with E-state index in [1.54, 1.807) is 16.9 Å². The van der Waals surface area contributed by atoms with Gasteiger partial charge in [-0.25, -0.2) is 14.6 Å². The first-order valence-electron chi connectivity index (χ1n) is 19.2. The van der Waals surface area contributed by atoms with E-state index in [1.165, 1.54) is 28.4 Å². The Morgan fingerprint density at radius 1 is 0.930 bits per heavy atom. The van der Waals surface area contributed by atoms with Gasteiger partial charge in [0.15, 0.2) is 17.1 Å². The van der Waals surface area contributed by atoms with E-state index in [1.807, 2.05) is 78.2 Å². The van der Waals surface area contributed by atoms with E-state index in [2.05, 4.69) is 15.1 Å². The van der Waals surface area contributed by atoms with Crippen molar-refractivity contribution in [2.24, 2.45) is 5.92 Å². The molecule has 3 aliphatic rings. The number of piperidine rings is 2. The number of hydrogen-bond acceptors (Lipinski definition) is 11. The van der Waals surface area contributed by atoms with Gasteiger partial charge in [-0.05, 0) is 62.9 Å². The summed E-state index contributed by atoms with van der Waals surface area (Å²) in [7, 11) is 0. The van der Waals surface area contributed by atoms with Crippen LogP contribution in [0.1, 0.15) is 51.8 Å². The van der Waals surface area contributed by atoms with Crippen molar-refractivity contribution in [3.63, 3.8) is 0 Å². The van der Waals surface area contributed by atoms with Crippen molar-refractivity contribution < 1.29 is 24.2 Å². The third-order valence-electron chi connectivity index (χ3n) is 11.4. The van der Waals surface area contributed by atoms with E-state index in [-0.39, 0.29) is 35.8 Å². The third kappa shape index (κ3) is 7.05. The fraction of sp³-hybridized carbons (Fsp3) is 0.357. The van der Waals surface area contributed by atoms with Gasteiger partial charge in [-0.15, -0.1) is 11.3 Å². The van der Waals surface area contributed by atoms with E-state index < -0.39 is 5.60 Å². The molecule has 57 heavy (non-hydrogen) atoms. The molecule has 7 heterocycles. The van der Waals surface area contributed by atoms with Crippen LogP contribution in [0.4, 0.5) is 0 Å². The van der Waals surface area contributed by atoms with Crippen molar-refractivity contribution in [2.75, 3.05) is 39.4 Å². The van der Waals surface area contributed by atoms with Crippen LogP contribution in [-0.4, -0.2) is 101 Å². The first kappa shape index (κ1) is 36.7. The predicted molar refractivity (Wildman–Crippen MR) is 213 cm³/mol. The van der Waals surface area contributed by atoms with Crippen LogP contribution in [0.25, 0.3) is 27.3 Å². The zero-order chi connectivity index (χ0) is 39.3. The molecule has 4 aromatic heterocycles. The molecular formula is C42H42N8O6S. The zero-order valence-corrected chi connectivity index (χ0v) is 32.5. The highest BCUT2D eigenvalue weighted by Gasteiger charge is 2.42. The maximum Gasteiger partial charge on any atom is 0.265 e. The lowest BCUT2D eigenvalue weighted by molar-refractivity contribution is -0.142. The highest BCUT2D eigenvalue weighted by molar-refractivity contribution is 7.17. The van der Waals surface area contributed by atoms with Crippen molar-refractivity contribution in [2.45, 2.75) is 51.2 Å². The van der Waals surface area contributed by atoms with Gasteiger partial charge in [-0.3, -0.25) is 23.9 Å². The predicted octanol–water partition coefficient (Wildman–Crippen LogP) is 4.79. The highest BCUT2D eigenvalue weighted by Crippen LogP contribution is 2.38. The standard InChI is InChI=1S/C42H42N8O6S/c1-26-8-9-29(21-43-26)38-46-27(2)36(57-38)41(53)48-15-12-31(33(23-48)28-6-4-3-5-7-28)39(51)47-16-13-42(54,14-17-47)24-49-25-44-37-32(40(49)52)22-45-50(37)30-10-11-34-35(20-30)56-19-18-55-34/h3-11,20-22,25,31,33,54H,12-19,23-24H2,1-2H3/t31-,33+/m1/s1. The Balaban J connectivity index is 0.876. The van der Waals surface area contributed by atoms with E-state index in [4.69, 9.17) is 14.5 Å². The van der Waals surface area contributed by atoms with Crippen LogP contribution in [0.15, 0.2) is 84.2 Å². The topological polar surface area (TPSA) is 158 Å². The summed E-state index contributed by atoms with van der Waals surface area (Å²) in [5.41, 5.74) is 3.04. The van der Waals surface area contributed by atoms with E-state index in [0.717, 1.165) is 21.8 Å². The molecule has 0 radical (unpaired) electrons. The number of aryl methyl sites for hydroxylation is 2. The lowest BCUT2D eigenvalue weighted by atomic mass is 9.79. The number of pyridine rings is 1. The number of amides is 2. The quantitative estimate of drug-likeness (QED) is 0.239. The number of fused-ring (bicyclic) bond motifs is 2. The number of nitrogens with zero attached hydrogens (tertiary/aromatic N) is 8. The Morgan fingerprint density at radius 3 is 2.49 bits per heavy atom. The molecule has 0 unspecified atom stereocenters. The van der Waals surface area contributed by atoms with E-state index in [0.29, 0.717) is 97.4 Å². The number of benzene rings is 2. The summed E-state index contributed by atoms with van der Waals surface area (Å²) in [6, 6.07) is 19.3. The zero-order valence-electron chi connectivity index (χ0n) is 31.7. The smallest absolute Gasteiger partial charge is 0.265 e. The number of carbonyl (C=O) groups is 2. The fourth-order valence-electron chi connectivity index (χ4n) is 8.19. The van der Waals surface area contributed by atoms with Gasteiger partial charge in [0.25, 0.3) is 11.5 Å². The number of aliphatic hydroxyl groups is 1. The van der Waals surface area contributed by atoms with Crippen molar-refractivity contribution >= 4 is 34.2 Å². The van der Waals surface area contributed by atoms with Crippen LogP contribution in [0.5, 0.6) is 11.5 Å². The summed E-state index contributed by atoms with van der Waals surface area (Å²) in [4.78, 5) is 60.0. The number of likely N-dealkylation sites (tertiary alicyclic amines) is 2. The summed E-state index contributed by atoms with van der Waals surface area (Å²) in [6.45, 7) is 6.31. The summed E-state index contributed by atoms with van der Waals surface area (Å²) < 4.78 is 14.4. The number of carbonyl (C=O) groups excluding carboxylic acids is 2. The van der Waals surface area contributed by atoms with Crippen molar-refractivity contribution in [3.8, 4) is 27.8 Å². The Kier molecular flexibility index (Phi) is 9.57. The van der Waals surface area contributed by atoms with E-state index >= 15 is 0 Å². The number of hydrogen-bond donors (Lipinski definition) is 1. The van der Waals surface area contributed by atoms with Crippen molar-refractivity contribution in [1.82, 2.24) is 39.1 Å². The van der Waals surface area contributed by atoms with Gasteiger partial charge in [0.1, 0.15) is 34.8 Å². The molecule has 0 bridgehead atoms. The molecule has 292 valence electrons. The number of ether oxygens (including phenoxy) is 2. The molecule has 3 aliphatic heterocycles. The number of thiazole rings is 1. The molecule has 14 nitrogen and oxygen atoms in total. The second-order valence-electron chi connectivity index (χ2n) is 15.1. The number of aromatic nitrogens is 6. The molecule has 0 saturated carbocycles. The highest BCUT2D eigenvalue weighted by atomic mass is 32.1. The Bertz CT molecular complexity index is 2530. The maximum atomic E-state index is 14.3. The van der Waals surface area contributed by atoms with Crippen molar-refractivity contribution in [1.29, 1.82) is 0 Å². The third-order valence-corrected chi connectivity index (χ3v) is 12.6. The van der Waals surface area contributed by atoms with Gasteiger partial charge in [-0.1, -0.05) is 30.3 Å². The van der Waals surface area contributed by atoms with Gasteiger partial charge in [0, 0.05) is 61.5 Å². The van der Waals surface area contributed by atoms with Crippen LogP contribution in [0.3, 0.4) is 0 Å². The summed E-state index contributed by atoms with van der Waals surface area (Å²) >= 11 is 1.37. The van der Waals surface area contributed by atoms with Gasteiger partial charge < -0.3 is 24.4 Å². The second-order valence-corrected chi connectivity index (χ2v) is 16.1. The average molecular weight is 787 g/mol. The van der Waals surface area contributed by atoms with Crippen LogP contribution >= 0.6 is 11.3 Å². The molecule has 2 atom stereocenters. The first-order valence-corrected chi connectivity index (χ1v) is 20.0. The normalized spacial score (nSPS) is 19.1. The van der Waals surface area contributed by atoms with Gasteiger partial charge in [-0.2, -0.15) is 5.10 Å². The minimum Gasteiger partial charge on any atom is -0.486 e. The summed E-state index contributed by atoms with van der Waals surface area (Å²) in [6.07, 6.45) is 5.84. The Hall–Kier alpha value is -5.93. The molecule has 1 N–H and O–H groups in total. The SMILES string of the molecule is Cc1ccc(-c2nc(C)c(C(=O)N3CC[C@@H](C(=O)N4CCC(O)(Cn5cnc6c(cnn6-c6ccc7c(c6)OCCO7)c5=O)CC4)[C@H](c4ccccc4)C3)s2)cn1. The Labute approximate surface area is 332 Å². The molecule has 2 fully saturated rings. The minimum atomic E-state index is -1.21. The molecule has 0 spiro atoms. The second kappa shape index (κ2) is 14.9. The van der Waals surface area contributed by atoms with Gasteiger partial charge in [0.2, 0.25) is 5.91 Å². The molecule has 2 saturated heterocycles. The van der Waals surface area contributed by atoms with Crippen LogP contribution in [-0.2, 0) is 11.3 Å². The molecular weight excluding hydrogens is 745 g/mol. The molecule has 0 aliphatic carbocycles. The molecule has 6 aromatic rings. The van der Waals surface area contributed by atoms with Crippen LogP contribution < -0.4 is 15.0 Å². The summed E-state index contributed by atoms with van der Waals surface area (Å²) in [5, 5.41) is 17.3. The molecule has 2 amide bonds. The lowest BCUT2D eigenvalue weighted by Crippen LogP contribution is -2.53. The molecule has 15 heteroatoms. The van der Waals surface area contributed by atoms with Crippen LogP contribution in [0, 0.1) is 19.8 Å². The average Bonchev–Trinajstić information content (AvgIpc) is 3.86. The first-order chi connectivity index (χ1) is 27.6.